The number of benzene rings is 1. The Balaban J connectivity index is 1.78. The van der Waals surface area contributed by atoms with E-state index in [0.29, 0.717) is 5.92 Å². The third kappa shape index (κ3) is 2.26. The zero-order valence-electron chi connectivity index (χ0n) is 11.5. The summed E-state index contributed by atoms with van der Waals surface area (Å²) in [7, 11) is 0. The fraction of sp³-hybridized carbons (Fsp3) is 0.625. The molecule has 1 aromatic carbocycles. The highest BCUT2D eigenvalue weighted by atomic mass is 16.5. The summed E-state index contributed by atoms with van der Waals surface area (Å²) in [5, 5.41) is 0. The summed E-state index contributed by atoms with van der Waals surface area (Å²) in [6.45, 7) is 8.06. The van der Waals surface area contributed by atoms with Crippen molar-refractivity contribution in [2.45, 2.75) is 44.6 Å². The van der Waals surface area contributed by atoms with Crippen molar-refractivity contribution >= 4 is 0 Å². The fourth-order valence-electron chi connectivity index (χ4n) is 3.27. The number of hydrogen-bond donors (Lipinski definition) is 0. The SMILES string of the molecule is CC(C)c1cccc(O[C@@]23CCCN(CC2)C3)c1. The first kappa shape index (κ1) is 12.0. The number of nitrogens with zero attached hydrogens (tertiary/aromatic N) is 1. The summed E-state index contributed by atoms with van der Waals surface area (Å²) in [5.41, 5.74) is 1.47. The standard InChI is InChI=1S/C16H23NO/c1-13(2)14-5-3-6-15(11-14)18-16-7-4-9-17(12-16)10-8-16/h3,5-6,11,13H,4,7-10,12H2,1-2H3/t16-/m0/s1. The van der Waals surface area contributed by atoms with Gasteiger partial charge in [0, 0.05) is 19.5 Å². The molecule has 1 unspecified atom stereocenters. The van der Waals surface area contributed by atoms with Gasteiger partial charge >= 0.3 is 0 Å². The number of fused-ring (bicyclic) bond motifs is 2. The van der Waals surface area contributed by atoms with Gasteiger partial charge in [-0.2, -0.15) is 0 Å². The first-order valence-corrected chi connectivity index (χ1v) is 7.18. The van der Waals surface area contributed by atoms with Crippen molar-refractivity contribution in [2.24, 2.45) is 0 Å². The van der Waals surface area contributed by atoms with Crippen LogP contribution >= 0.6 is 0 Å². The van der Waals surface area contributed by atoms with E-state index in [9.17, 15) is 0 Å². The second kappa shape index (κ2) is 4.58. The molecule has 0 N–H and O–H groups in total. The van der Waals surface area contributed by atoms with Gasteiger partial charge in [0.25, 0.3) is 0 Å². The highest BCUT2D eigenvalue weighted by Crippen LogP contribution is 2.36. The van der Waals surface area contributed by atoms with Gasteiger partial charge < -0.3 is 4.74 Å². The van der Waals surface area contributed by atoms with Gasteiger partial charge in [-0.1, -0.05) is 26.0 Å². The molecule has 0 aliphatic carbocycles. The Morgan fingerprint density at radius 2 is 2.11 bits per heavy atom. The van der Waals surface area contributed by atoms with Crippen molar-refractivity contribution in [1.82, 2.24) is 4.90 Å². The van der Waals surface area contributed by atoms with Crippen molar-refractivity contribution in [2.75, 3.05) is 19.6 Å². The fourth-order valence-corrected chi connectivity index (χ4v) is 3.27. The average molecular weight is 245 g/mol. The van der Waals surface area contributed by atoms with Crippen LogP contribution < -0.4 is 4.74 Å². The van der Waals surface area contributed by atoms with E-state index in [2.05, 4.69) is 43.0 Å². The first-order valence-electron chi connectivity index (χ1n) is 7.18. The van der Waals surface area contributed by atoms with Crippen LogP contribution in [0, 0.1) is 0 Å². The molecule has 2 saturated heterocycles. The molecule has 98 valence electrons. The summed E-state index contributed by atoms with van der Waals surface area (Å²) in [4.78, 5) is 2.54. The van der Waals surface area contributed by atoms with Gasteiger partial charge in [0.05, 0.1) is 0 Å². The van der Waals surface area contributed by atoms with Crippen LogP contribution in [0.1, 0.15) is 44.6 Å². The summed E-state index contributed by atoms with van der Waals surface area (Å²) >= 11 is 0. The Labute approximate surface area is 110 Å². The van der Waals surface area contributed by atoms with Gasteiger partial charge in [-0.15, -0.1) is 0 Å². The van der Waals surface area contributed by atoms with Crippen LogP contribution in [0.5, 0.6) is 5.75 Å². The first-order chi connectivity index (χ1) is 8.67. The Morgan fingerprint density at radius 1 is 1.22 bits per heavy atom. The van der Waals surface area contributed by atoms with Gasteiger partial charge in [0.1, 0.15) is 11.4 Å². The smallest absolute Gasteiger partial charge is 0.123 e. The summed E-state index contributed by atoms with van der Waals surface area (Å²) in [5.74, 6) is 1.63. The second-order valence-electron chi connectivity index (χ2n) is 6.14. The van der Waals surface area contributed by atoms with E-state index in [1.54, 1.807) is 0 Å². The van der Waals surface area contributed by atoms with Gasteiger partial charge in [-0.25, -0.2) is 0 Å². The lowest BCUT2D eigenvalue weighted by Gasteiger charge is -2.34. The Hall–Kier alpha value is -1.02. The Bertz CT molecular complexity index is 425. The summed E-state index contributed by atoms with van der Waals surface area (Å²) in [6, 6.07) is 8.64. The molecule has 18 heavy (non-hydrogen) atoms. The van der Waals surface area contributed by atoms with E-state index < -0.39 is 0 Å². The maximum Gasteiger partial charge on any atom is 0.123 e. The minimum Gasteiger partial charge on any atom is -0.486 e. The quantitative estimate of drug-likeness (QED) is 0.809. The van der Waals surface area contributed by atoms with Gasteiger partial charge in [0.15, 0.2) is 0 Å². The van der Waals surface area contributed by atoms with Crippen molar-refractivity contribution < 1.29 is 4.74 Å². The average Bonchev–Trinajstić information content (AvgIpc) is 2.64. The number of piperidine rings is 1. The molecule has 2 heteroatoms. The molecule has 2 heterocycles. The molecular weight excluding hydrogens is 222 g/mol. The predicted octanol–water partition coefficient (Wildman–Crippen LogP) is 3.43. The lowest BCUT2D eigenvalue weighted by molar-refractivity contribution is 0.0452. The highest BCUT2D eigenvalue weighted by Gasteiger charge is 2.42. The molecule has 2 aliphatic rings. The minimum atomic E-state index is 0.105. The van der Waals surface area contributed by atoms with E-state index in [1.807, 2.05) is 0 Å². The zero-order valence-corrected chi connectivity index (χ0v) is 11.5. The topological polar surface area (TPSA) is 12.5 Å². The van der Waals surface area contributed by atoms with Crippen LogP contribution in [0.25, 0.3) is 0 Å². The monoisotopic (exact) mass is 245 g/mol. The molecular formula is C16H23NO. The summed E-state index contributed by atoms with van der Waals surface area (Å²) < 4.78 is 6.38. The molecule has 2 atom stereocenters. The lowest BCUT2D eigenvalue weighted by Crippen LogP contribution is -2.43. The zero-order chi connectivity index (χ0) is 12.6. The molecule has 2 nitrogen and oxygen atoms in total. The lowest BCUT2D eigenvalue weighted by atomic mass is 9.94. The normalized spacial score (nSPS) is 30.7. The van der Waals surface area contributed by atoms with E-state index in [-0.39, 0.29) is 5.60 Å². The van der Waals surface area contributed by atoms with E-state index in [0.717, 1.165) is 12.3 Å². The minimum absolute atomic E-state index is 0.105. The maximum absolute atomic E-state index is 6.38. The van der Waals surface area contributed by atoms with Crippen LogP contribution in [0.15, 0.2) is 24.3 Å². The van der Waals surface area contributed by atoms with Crippen LogP contribution in [-0.4, -0.2) is 30.1 Å². The van der Waals surface area contributed by atoms with Gasteiger partial charge in [0.2, 0.25) is 0 Å². The van der Waals surface area contributed by atoms with Crippen molar-refractivity contribution in [3.8, 4) is 5.75 Å². The molecule has 2 bridgehead atoms. The molecule has 0 aromatic heterocycles. The van der Waals surface area contributed by atoms with E-state index in [1.165, 1.54) is 37.9 Å². The van der Waals surface area contributed by atoms with E-state index >= 15 is 0 Å². The maximum atomic E-state index is 6.38. The van der Waals surface area contributed by atoms with Crippen LogP contribution in [-0.2, 0) is 0 Å². The van der Waals surface area contributed by atoms with Crippen LogP contribution in [0.2, 0.25) is 0 Å². The van der Waals surface area contributed by atoms with E-state index in [4.69, 9.17) is 4.74 Å². The molecule has 2 fully saturated rings. The molecule has 0 amide bonds. The largest absolute Gasteiger partial charge is 0.486 e. The number of ether oxygens (including phenoxy) is 1. The molecule has 0 spiro atoms. The Kier molecular flexibility index (Phi) is 3.06. The molecule has 0 saturated carbocycles. The Morgan fingerprint density at radius 3 is 2.94 bits per heavy atom. The highest BCUT2D eigenvalue weighted by molar-refractivity contribution is 5.31. The number of rotatable bonds is 3. The van der Waals surface area contributed by atoms with Gasteiger partial charge in [-0.05, 0) is 43.0 Å². The molecule has 1 aromatic rings. The summed E-state index contributed by atoms with van der Waals surface area (Å²) in [6.07, 6.45) is 3.69. The second-order valence-corrected chi connectivity index (χ2v) is 6.14. The molecule has 3 rings (SSSR count). The third-order valence-electron chi connectivity index (χ3n) is 4.36. The van der Waals surface area contributed by atoms with Crippen molar-refractivity contribution in [1.29, 1.82) is 0 Å². The number of hydrogen-bond acceptors (Lipinski definition) is 2. The molecule has 2 aliphatic heterocycles. The third-order valence-corrected chi connectivity index (χ3v) is 4.36. The van der Waals surface area contributed by atoms with Crippen LogP contribution in [0.4, 0.5) is 0 Å². The predicted molar refractivity (Wildman–Crippen MR) is 74.2 cm³/mol. The molecule has 0 radical (unpaired) electrons. The van der Waals surface area contributed by atoms with Crippen LogP contribution in [0.3, 0.4) is 0 Å². The van der Waals surface area contributed by atoms with Gasteiger partial charge in [-0.3, -0.25) is 4.90 Å². The van der Waals surface area contributed by atoms with Crippen molar-refractivity contribution in [3.63, 3.8) is 0 Å². The van der Waals surface area contributed by atoms with Crippen molar-refractivity contribution in [3.05, 3.63) is 29.8 Å².